The smallest absolute Gasteiger partial charge is 0.269 e. The fraction of sp³-hybridized carbons (Fsp3) is 0.400. The van der Waals surface area contributed by atoms with Gasteiger partial charge in [-0.05, 0) is 49.8 Å². The van der Waals surface area contributed by atoms with E-state index in [0.717, 1.165) is 29.7 Å². The second-order valence-electron chi connectivity index (χ2n) is 7.46. The van der Waals surface area contributed by atoms with Gasteiger partial charge in [0.25, 0.3) is 5.91 Å². The Labute approximate surface area is 172 Å². The first kappa shape index (κ1) is 19.2. The van der Waals surface area contributed by atoms with Crippen LogP contribution < -0.4 is 20.7 Å². The van der Waals surface area contributed by atoms with Gasteiger partial charge in [-0.25, -0.2) is 4.98 Å². The van der Waals surface area contributed by atoms with Gasteiger partial charge >= 0.3 is 0 Å². The second kappa shape index (κ2) is 7.37. The number of nitrogen functional groups attached to an aromatic ring is 1. The lowest BCUT2D eigenvalue weighted by Gasteiger charge is -2.31. The molecule has 2 aliphatic rings. The minimum atomic E-state index is -0.731. The van der Waals surface area contributed by atoms with Crippen molar-refractivity contribution in [2.24, 2.45) is 5.92 Å². The zero-order valence-corrected chi connectivity index (χ0v) is 17.0. The zero-order valence-electron chi connectivity index (χ0n) is 16.2. The maximum absolute atomic E-state index is 12.8. The topological polar surface area (TPSA) is 121 Å². The Bertz CT molecular complexity index is 1040. The molecule has 0 spiro atoms. The minimum absolute atomic E-state index is 0.225. The van der Waals surface area contributed by atoms with Crippen LogP contribution in [0.15, 0.2) is 12.1 Å². The molecule has 3 N–H and O–H groups in total. The van der Waals surface area contributed by atoms with Gasteiger partial charge in [0.1, 0.15) is 23.4 Å². The van der Waals surface area contributed by atoms with Crippen LogP contribution in [0.5, 0.6) is 5.75 Å². The molecule has 0 bridgehead atoms. The number of hydrogen-bond donors (Lipinski definition) is 2. The SMILES string of the molecule is CC1CCc2c(sc(NC(=O)CN3C(=O)C(C)Oc4ccc(N)nc43)c2C#N)C1. The first-order chi connectivity index (χ1) is 13.9. The van der Waals surface area contributed by atoms with Gasteiger partial charge in [0.2, 0.25) is 5.91 Å². The van der Waals surface area contributed by atoms with Gasteiger partial charge in [-0.1, -0.05) is 6.92 Å². The van der Waals surface area contributed by atoms with Crippen molar-refractivity contribution in [3.05, 3.63) is 28.1 Å². The number of carbonyl (C=O) groups excluding carboxylic acids is 2. The van der Waals surface area contributed by atoms with E-state index in [9.17, 15) is 14.9 Å². The Hall–Kier alpha value is -3.12. The fourth-order valence-corrected chi connectivity index (χ4v) is 5.10. The molecule has 29 heavy (non-hydrogen) atoms. The van der Waals surface area contributed by atoms with Crippen LogP contribution in [0.3, 0.4) is 0 Å². The van der Waals surface area contributed by atoms with Crippen molar-refractivity contribution < 1.29 is 14.3 Å². The van der Waals surface area contributed by atoms with Gasteiger partial charge in [0.05, 0.1) is 5.56 Å². The Morgan fingerprint density at radius 2 is 2.28 bits per heavy atom. The van der Waals surface area contributed by atoms with Crippen molar-refractivity contribution in [1.29, 1.82) is 5.26 Å². The lowest BCUT2D eigenvalue weighted by molar-refractivity contribution is -0.127. The molecule has 2 amide bonds. The highest BCUT2D eigenvalue weighted by molar-refractivity contribution is 7.16. The summed E-state index contributed by atoms with van der Waals surface area (Å²) in [6.07, 6.45) is 2.07. The molecule has 2 aromatic rings. The van der Waals surface area contributed by atoms with Crippen LogP contribution in [0.25, 0.3) is 0 Å². The van der Waals surface area contributed by atoms with Crippen LogP contribution in [0.4, 0.5) is 16.6 Å². The van der Waals surface area contributed by atoms with Gasteiger partial charge in [-0.2, -0.15) is 5.26 Å². The Morgan fingerprint density at radius 3 is 3.03 bits per heavy atom. The summed E-state index contributed by atoms with van der Waals surface area (Å²) in [5.74, 6) is 0.653. The van der Waals surface area contributed by atoms with E-state index in [1.165, 1.54) is 16.2 Å². The summed E-state index contributed by atoms with van der Waals surface area (Å²) in [6, 6.07) is 5.44. The molecular formula is C20H21N5O3S. The van der Waals surface area contributed by atoms with Crippen molar-refractivity contribution in [2.45, 2.75) is 39.2 Å². The predicted octanol–water partition coefficient (Wildman–Crippen LogP) is 2.47. The van der Waals surface area contributed by atoms with Gasteiger partial charge in [-0.3, -0.25) is 14.5 Å². The summed E-state index contributed by atoms with van der Waals surface area (Å²) in [5, 5.41) is 13.0. The van der Waals surface area contributed by atoms with E-state index in [0.29, 0.717) is 22.2 Å². The van der Waals surface area contributed by atoms with Gasteiger partial charge in [-0.15, -0.1) is 11.3 Å². The summed E-state index contributed by atoms with van der Waals surface area (Å²) in [5.41, 5.74) is 7.32. The number of rotatable bonds is 3. The summed E-state index contributed by atoms with van der Waals surface area (Å²) < 4.78 is 5.55. The summed E-state index contributed by atoms with van der Waals surface area (Å²) in [6.45, 7) is 3.57. The van der Waals surface area contributed by atoms with Crippen LogP contribution in [-0.2, 0) is 22.4 Å². The largest absolute Gasteiger partial charge is 0.477 e. The Kier molecular flexibility index (Phi) is 4.88. The molecule has 3 heterocycles. The van der Waals surface area contributed by atoms with Crippen LogP contribution in [0.1, 0.15) is 36.3 Å². The van der Waals surface area contributed by atoms with Crippen LogP contribution >= 0.6 is 11.3 Å². The molecule has 2 aromatic heterocycles. The molecule has 150 valence electrons. The molecule has 0 radical (unpaired) electrons. The molecule has 2 atom stereocenters. The van der Waals surface area contributed by atoms with Crippen molar-refractivity contribution in [2.75, 3.05) is 22.5 Å². The van der Waals surface area contributed by atoms with Crippen molar-refractivity contribution in [3.63, 3.8) is 0 Å². The van der Waals surface area contributed by atoms with Crippen molar-refractivity contribution in [1.82, 2.24) is 4.98 Å². The number of nitriles is 1. The first-order valence-corrected chi connectivity index (χ1v) is 10.3. The lowest BCUT2D eigenvalue weighted by atomic mass is 9.89. The van der Waals surface area contributed by atoms with E-state index >= 15 is 0 Å². The number of ether oxygens (including phenoxy) is 1. The molecule has 0 saturated heterocycles. The van der Waals surface area contributed by atoms with Crippen molar-refractivity contribution in [3.8, 4) is 11.8 Å². The number of pyridine rings is 1. The third-order valence-corrected chi connectivity index (χ3v) is 6.38. The Balaban J connectivity index is 1.57. The van der Waals surface area contributed by atoms with Crippen LogP contribution in [0, 0.1) is 17.2 Å². The van der Waals surface area contributed by atoms with E-state index in [1.54, 1.807) is 19.1 Å². The van der Waals surface area contributed by atoms with Crippen molar-refractivity contribution >= 4 is 39.8 Å². The lowest BCUT2D eigenvalue weighted by Crippen LogP contribution is -2.48. The molecular weight excluding hydrogens is 390 g/mol. The van der Waals surface area contributed by atoms with E-state index < -0.39 is 12.0 Å². The maximum atomic E-state index is 12.8. The zero-order chi connectivity index (χ0) is 20.7. The van der Waals surface area contributed by atoms with E-state index in [1.807, 2.05) is 0 Å². The normalized spacial score (nSPS) is 20.3. The standard InChI is InChI=1S/C20H21N5O3S/c1-10-3-4-12-13(8-21)19(29-15(12)7-10)24-17(26)9-25-18-14(5-6-16(22)23-18)28-11(2)20(25)27/h5-6,10-11H,3-4,7,9H2,1-2H3,(H2,22,23)(H,24,26). The first-order valence-electron chi connectivity index (χ1n) is 9.46. The average Bonchev–Trinajstić information content (AvgIpc) is 3.01. The number of anilines is 3. The van der Waals surface area contributed by atoms with Gasteiger partial charge in [0, 0.05) is 4.88 Å². The number of carbonyl (C=O) groups is 2. The molecule has 1 aliphatic heterocycles. The number of nitrogens with two attached hydrogens (primary N) is 1. The molecule has 1 aliphatic carbocycles. The minimum Gasteiger partial charge on any atom is -0.477 e. The number of fused-ring (bicyclic) bond motifs is 2. The number of nitrogens with zero attached hydrogens (tertiary/aromatic N) is 3. The maximum Gasteiger partial charge on any atom is 0.269 e. The van der Waals surface area contributed by atoms with Crippen LogP contribution in [-0.4, -0.2) is 29.4 Å². The summed E-state index contributed by atoms with van der Waals surface area (Å²) >= 11 is 1.45. The molecule has 9 heteroatoms. The third-order valence-electron chi connectivity index (χ3n) is 5.21. The highest BCUT2D eigenvalue weighted by atomic mass is 32.1. The van der Waals surface area contributed by atoms with Crippen LogP contribution in [0.2, 0.25) is 0 Å². The molecule has 2 unspecified atom stereocenters. The fourth-order valence-electron chi connectivity index (χ4n) is 3.72. The third kappa shape index (κ3) is 3.51. The average molecular weight is 411 g/mol. The number of aromatic nitrogens is 1. The van der Waals surface area contributed by atoms with Gasteiger partial charge in [0.15, 0.2) is 17.7 Å². The number of hydrogen-bond acceptors (Lipinski definition) is 7. The van der Waals surface area contributed by atoms with E-state index in [4.69, 9.17) is 10.5 Å². The highest BCUT2D eigenvalue weighted by Crippen LogP contribution is 2.39. The molecule has 4 rings (SSSR count). The number of amides is 2. The molecule has 8 nitrogen and oxygen atoms in total. The predicted molar refractivity (Wildman–Crippen MR) is 110 cm³/mol. The number of nitrogens with one attached hydrogen (secondary N) is 1. The van der Waals surface area contributed by atoms with E-state index in [2.05, 4.69) is 23.3 Å². The molecule has 0 fully saturated rings. The van der Waals surface area contributed by atoms with E-state index in [-0.39, 0.29) is 24.1 Å². The second-order valence-corrected chi connectivity index (χ2v) is 8.56. The number of thiophene rings is 1. The monoisotopic (exact) mass is 411 g/mol. The molecule has 0 saturated carbocycles. The quantitative estimate of drug-likeness (QED) is 0.800. The Morgan fingerprint density at radius 1 is 1.48 bits per heavy atom. The highest BCUT2D eigenvalue weighted by Gasteiger charge is 2.34. The summed E-state index contributed by atoms with van der Waals surface area (Å²) in [7, 11) is 0. The van der Waals surface area contributed by atoms with Gasteiger partial charge < -0.3 is 15.8 Å². The molecule has 0 aromatic carbocycles. The summed E-state index contributed by atoms with van der Waals surface area (Å²) in [4.78, 5) is 32.0.